The summed E-state index contributed by atoms with van der Waals surface area (Å²) in [5.74, 6) is -0.800. The van der Waals surface area contributed by atoms with Crippen LogP contribution in [-0.4, -0.2) is 108 Å². The number of nitrogens with one attached hydrogen (secondary N) is 4. The fourth-order valence-electron chi connectivity index (χ4n) is 6.24. The number of aldehydes is 1. The zero-order valence-electron chi connectivity index (χ0n) is 42.2. The number of aliphatic hydroxyl groups excluding tert-OH is 1. The molecule has 0 saturated carbocycles. The zero-order chi connectivity index (χ0) is 58.3. The third kappa shape index (κ3) is 27.4. The second-order valence-corrected chi connectivity index (χ2v) is 25.2. The van der Waals surface area contributed by atoms with E-state index in [-0.39, 0.29) is 41.0 Å². The molecule has 1 fully saturated rings. The molecule has 7 N–H and O–H groups in total. The van der Waals surface area contributed by atoms with Crippen LogP contribution >= 0.6 is 58.0 Å². The second kappa shape index (κ2) is 32.1. The van der Waals surface area contributed by atoms with Gasteiger partial charge in [0.1, 0.15) is 0 Å². The summed E-state index contributed by atoms with van der Waals surface area (Å²) >= 11 is 29.2. The number of aliphatic hydroxyl groups is 1. The van der Waals surface area contributed by atoms with Crippen molar-refractivity contribution in [2.75, 3.05) is 76.1 Å². The van der Waals surface area contributed by atoms with Gasteiger partial charge in [0.15, 0.2) is 6.29 Å². The fourth-order valence-corrected chi connectivity index (χ4v) is 9.47. The SMILES string of the molecule is CCOC(=O)c1cc(N)ccc1Cl.CCOC(=O)c1cc(NS(C)(=O)=O)ccc1Cl.CS(=O)(=O)Nc1ccc(Cl)c(C2CCCCOC2)c1.CS(=O)(=O)Nc1ccc(Cl)c(C=O)c1.CS(=O)(=O)Nc1ccc(Cl)c(CO)c1. The summed E-state index contributed by atoms with van der Waals surface area (Å²) in [5, 5.41) is 10.8. The molecule has 5 aromatic rings. The molecule has 1 unspecified atom stereocenters. The minimum atomic E-state index is -3.39. The van der Waals surface area contributed by atoms with Crippen molar-refractivity contribution in [3.05, 3.63) is 144 Å². The van der Waals surface area contributed by atoms with Gasteiger partial charge in [0.25, 0.3) is 0 Å². The maximum Gasteiger partial charge on any atom is 0.339 e. The Morgan fingerprint density at radius 2 is 1.01 bits per heavy atom. The van der Waals surface area contributed by atoms with E-state index in [1.807, 2.05) is 6.07 Å². The summed E-state index contributed by atoms with van der Waals surface area (Å²) in [6.07, 6.45) is 7.99. The van der Waals surface area contributed by atoms with Gasteiger partial charge in [0.05, 0.1) is 77.6 Å². The van der Waals surface area contributed by atoms with Gasteiger partial charge in [0, 0.05) is 56.6 Å². The van der Waals surface area contributed by atoms with Crippen molar-refractivity contribution in [3.63, 3.8) is 0 Å². The number of hydrogen-bond acceptors (Lipinski definition) is 16. The Morgan fingerprint density at radius 1 is 0.597 bits per heavy atom. The first-order valence-corrected chi connectivity index (χ1v) is 31.8. The monoisotopic (exact) mass is 1250 g/mol. The Hall–Kier alpha value is -5.12. The Morgan fingerprint density at radius 3 is 1.48 bits per heavy atom. The first-order chi connectivity index (χ1) is 35.8. The first-order valence-electron chi connectivity index (χ1n) is 22.4. The summed E-state index contributed by atoms with van der Waals surface area (Å²) in [6, 6.07) is 23.0. The summed E-state index contributed by atoms with van der Waals surface area (Å²) in [5.41, 5.74) is 9.64. The van der Waals surface area contributed by atoms with Gasteiger partial charge in [-0.1, -0.05) is 64.4 Å². The molecule has 0 amide bonds. The van der Waals surface area contributed by atoms with Gasteiger partial charge in [-0.2, -0.15) is 0 Å². The van der Waals surface area contributed by atoms with Gasteiger partial charge < -0.3 is 25.1 Å². The topological polar surface area (TPSA) is 310 Å². The molecule has 0 spiro atoms. The number of nitrogen functional groups attached to an aromatic ring is 1. The molecule has 5 aromatic carbocycles. The predicted molar refractivity (Wildman–Crippen MR) is 306 cm³/mol. The number of carbonyl (C=O) groups excluding carboxylic acids is 3. The molecular weight excluding hydrogens is 1190 g/mol. The van der Waals surface area contributed by atoms with E-state index in [9.17, 15) is 48.1 Å². The van der Waals surface area contributed by atoms with E-state index in [2.05, 4.69) is 18.9 Å². The highest BCUT2D eigenvalue weighted by Crippen LogP contribution is 2.33. The average Bonchev–Trinajstić information content (AvgIpc) is 3.61. The Labute approximate surface area is 474 Å². The number of anilines is 5. The Kier molecular flexibility index (Phi) is 28.3. The third-order valence-electron chi connectivity index (χ3n) is 9.35. The van der Waals surface area contributed by atoms with E-state index >= 15 is 0 Å². The maximum atomic E-state index is 11.5. The molecular formula is C48H58Cl5N5O15S4. The molecule has 424 valence electrons. The molecule has 0 radical (unpaired) electrons. The molecule has 1 atom stereocenters. The van der Waals surface area contributed by atoms with Crippen LogP contribution < -0.4 is 24.6 Å². The molecule has 77 heavy (non-hydrogen) atoms. The van der Waals surface area contributed by atoms with Crippen molar-refractivity contribution in [2.24, 2.45) is 0 Å². The number of nitrogens with two attached hydrogens (primary N) is 1. The minimum absolute atomic E-state index is 0.127. The number of carbonyl (C=O) groups is 3. The Bertz CT molecular complexity index is 3280. The van der Waals surface area contributed by atoms with Crippen molar-refractivity contribution in [2.45, 2.75) is 45.6 Å². The number of sulfonamides is 4. The van der Waals surface area contributed by atoms with E-state index in [0.29, 0.717) is 73.5 Å². The highest BCUT2D eigenvalue weighted by molar-refractivity contribution is 7.92. The van der Waals surface area contributed by atoms with E-state index in [0.717, 1.165) is 56.5 Å². The number of hydrogen-bond donors (Lipinski definition) is 6. The summed E-state index contributed by atoms with van der Waals surface area (Å²) in [7, 11) is -13.3. The summed E-state index contributed by atoms with van der Waals surface area (Å²) in [6.45, 7) is 5.15. The molecule has 1 aliphatic heterocycles. The van der Waals surface area contributed by atoms with E-state index in [4.69, 9.17) is 83.1 Å². The molecule has 1 saturated heterocycles. The van der Waals surface area contributed by atoms with Crippen LogP contribution in [0.15, 0.2) is 91.0 Å². The molecule has 0 aliphatic carbocycles. The van der Waals surface area contributed by atoms with Gasteiger partial charge in [-0.15, -0.1) is 0 Å². The standard InChI is InChI=1S/C13H18ClNO3S.C10H12ClNO4S.C9H10ClNO2.C8H10ClNO3S.C8H8ClNO3S/c1-19(16,17)15-11-5-6-13(14)12(8-11)10-4-2-3-7-18-9-10;1-3-16-10(13)8-6-7(4-5-9(8)11)12-17(2,14)15;1-2-13-9(12)7-5-6(11)3-4-8(7)10;2*1-14(12,13)10-7-2-3-8(9)6(4-7)5-11/h5-6,8,10,15H,2-4,7,9H2,1H3;4-6,12H,3H2,1-2H3;3-5H,2,11H2,1H3;2-4,10-11H,5H2,1H3;2-5,10H,1H3. The quantitative estimate of drug-likeness (QED) is 0.0323. The predicted octanol–water partition coefficient (Wildman–Crippen LogP) is 9.71. The number of halogens is 5. The third-order valence-corrected chi connectivity index (χ3v) is 13.5. The van der Waals surface area contributed by atoms with Gasteiger partial charge >= 0.3 is 11.9 Å². The highest BCUT2D eigenvalue weighted by Gasteiger charge is 2.19. The number of esters is 2. The van der Waals surface area contributed by atoms with Crippen LogP contribution in [0.2, 0.25) is 25.1 Å². The van der Waals surface area contributed by atoms with Crippen LogP contribution in [0, 0.1) is 0 Å². The lowest BCUT2D eigenvalue weighted by molar-refractivity contribution is 0.0517. The van der Waals surface area contributed by atoms with Gasteiger partial charge in [-0.3, -0.25) is 23.7 Å². The first kappa shape index (κ1) is 68.0. The van der Waals surface area contributed by atoms with Gasteiger partial charge in [-0.05, 0) is 129 Å². The Balaban J connectivity index is 0.000000332. The molecule has 1 aliphatic rings. The fraction of sp³-hybridized carbons (Fsp3) is 0.312. The normalized spacial score (nSPS) is 13.3. The van der Waals surface area contributed by atoms with Crippen LogP contribution in [0.5, 0.6) is 0 Å². The number of rotatable bonds is 15. The summed E-state index contributed by atoms with van der Waals surface area (Å²) in [4.78, 5) is 33.2. The molecule has 0 aromatic heterocycles. The minimum Gasteiger partial charge on any atom is -0.462 e. The van der Waals surface area contributed by atoms with Crippen LogP contribution in [0.3, 0.4) is 0 Å². The van der Waals surface area contributed by atoms with Crippen LogP contribution in [0.4, 0.5) is 28.4 Å². The molecule has 29 heteroatoms. The molecule has 20 nitrogen and oxygen atoms in total. The molecule has 0 bridgehead atoms. The lowest BCUT2D eigenvalue weighted by Crippen LogP contribution is -2.11. The number of ether oxygens (including phenoxy) is 3. The lowest BCUT2D eigenvalue weighted by Gasteiger charge is -2.17. The van der Waals surface area contributed by atoms with Crippen molar-refractivity contribution < 1.29 is 67.4 Å². The van der Waals surface area contributed by atoms with Gasteiger partial charge in [-0.25, -0.2) is 43.3 Å². The van der Waals surface area contributed by atoms with Crippen LogP contribution in [0.25, 0.3) is 0 Å². The van der Waals surface area contributed by atoms with Crippen molar-refractivity contribution in [1.82, 2.24) is 0 Å². The largest absolute Gasteiger partial charge is 0.462 e. The smallest absolute Gasteiger partial charge is 0.339 e. The second-order valence-electron chi connectivity index (χ2n) is 16.2. The molecule has 6 rings (SSSR count). The molecule has 1 heterocycles. The van der Waals surface area contributed by atoms with E-state index in [1.165, 1.54) is 60.7 Å². The number of benzene rings is 5. The maximum absolute atomic E-state index is 11.5. The lowest BCUT2D eigenvalue weighted by atomic mass is 9.94. The van der Waals surface area contributed by atoms with Crippen molar-refractivity contribution in [3.8, 4) is 0 Å². The van der Waals surface area contributed by atoms with Crippen LogP contribution in [0.1, 0.15) is 81.2 Å². The summed E-state index contributed by atoms with van der Waals surface area (Å²) < 4.78 is 112. The van der Waals surface area contributed by atoms with E-state index < -0.39 is 52.0 Å². The van der Waals surface area contributed by atoms with Gasteiger partial charge in [0.2, 0.25) is 40.1 Å². The van der Waals surface area contributed by atoms with Crippen LogP contribution in [-0.2, 0) is 60.9 Å². The highest BCUT2D eigenvalue weighted by atomic mass is 35.5. The van der Waals surface area contributed by atoms with Crippen molar-refractivity contribution in [1.29, 1.82) is 0 Å². The average molecular weight is 1250 g/mol. The van der Waals surface area contributed by atoms with Crippen molar-refractivity contribution >= 4 is 145 Å². The zero-order valence-corrected chi connectivity index (χ0v) is 49.3. The van der Waals surface area contributed by atoms with E-state index in [1.54, 1.807) is 38.1 Å².